The third kappa shape index (κ3) is 3.36. The van der Waals surface area contributed by atoms with Gasteiger partial charge in [-0.2, -0.15) is 0 Å². The Bertz CT molecular complexity index is 614. The van der Waals surface area contributed by atoms with E-state index in [1.807, 2.05) is 19.1 Å². The van der Waals surface area contributed by atoms with E-state index in [0.29, 0.717) is 11.4 Å². The summed E-state index contributed by atoms with van der Waals surface area (Å²) >= 11 is 0. The molecule has 118 valence electrons. The molecule has 1 fully saturated rings. The maximum absolute atomic E-state index is 12.2. The minimum absolute atomic E-state index is 0.0581. The van der Waals surface area contributed by atoms with Gasteiger partial charge < -0.3 is 20.1 Å². The number of carbonyl (C=O) groups is 3. The maximum Gasteiger partial charge on any atom is 0.322 e. The fourth-order valence-electron chi connectivity index (χ4n) is 2.43. The number of ether oxygens (including phenoxy) is 1. The molecule has 0 aliphatic carbocycles. The van der Waals surface area contributed by atoms with Crippen molar-refractivity contribution in [2.45, 2.75) is 13.3 Å². The van der Waals surface area contributed by atoms with Gasteiger partial charge >= 0.3 is 5.97 Å². The second-order valence-corrected chi connectivity index (χ2v) is 5.19. The summed E-state index contributed by atoms with van der Waals surface area (Å²) < 4.78 is 5.26. The van der Waals surface area contributed by atoms with Gasteiger partial charge in [-0.05, 0) is 24.6 Å². The lowest BCUT2D eigenvalue weighted by Gasteiger charge is -2.20. The van der Waals surface area contributed by atoms with Crippen LogP contribution in [0.3, 0.4) is 0 Å². The molecular formula is C15H18N2O5. The van der Waals surface area contributed by atoms with Crippen molar-refractivity contribution in [3.8, 4) is 5.75 Å². The Hall–Kier alpha value is -2.57. The molecule has 2 N–H and O–H groups in total. The molecular weight excluding hydrogens is 288 g/mol. The van der Waals surface area contributed by atoms with E-state index in [-0.39, 0.29) is 18.9 Å². The minimum Gasteiger partial charge on any atom is -0.495 e. The van der Waals surface area contributed by atoms with E-state index in [1.54, 1.807) is 6.07 Å². The van der Waals surface area contributed by atoms with Crippen molar-refractivity contribution in [3.05, 3.63) is 23.8 Å². The smallest absolute Gasteiger partial charge is 0.322 e. The van der Waals surface area contributed by atoms with Gasteiger partial charge in [-0.1, -0.05) is 6.07 Å². The number of benzene rings is 1. The molecule has 0 radical (unpaired) electrons. The van der Waals surface area contributed by atoms with Crippen LogP contribution in [-0.2, 0) is 14.4 Å². The second-order valence-electron chi connectivity index (χ2n) is 5.19. The lowest BCUT2D eigenvalue weighted by Crippen LogP contribution is -2.36. The van der Waals surface area contributed by atoms with Crippen LogP contribution in [0.2, 0.25) is 0 Å². The molecule has 1 saturated heterocycles. The summed E-state index contributed by atoms with van der Waals surface area (Å²) in [7, 11) is 1.52. The number of carboxylic acid groups (broad SMARTS) is 1. The highest BCUT2D eigenvalue weighted by Gasteiger charge is 2.36. The summed E-state index contributed by atoms with van der Waals surface area (Å²) in [5.74, 6) is -1.72. The zero-order valence-electron chi connectivity index (χ0n) is 12.5. The number of carboxylic acids is 1. The predicted molar refractivity (Wildman–Crippen MR) is 78.8 cm³/mol. The fraction of sp³-hybridized carbons (Fsp3) is 0.400. The van der Waals surface area contributed by atoms with Gasteiger partial charge in [0.2, 0.25) is 11.8 Å². The normalized spacial score (nSPS) is 17.5. The van der Waals surface area contributed by atoms with E-state index in [2.05, 4.69) is 5.32 Å². The quantitative estimate of drug-likeness (QED) is 0.828. The zero-order valence-corrected chi connectivity index (χ0v) is 12.5. The lowest BCUT2D eigenvalue weighted by molar-refractivity contribution is -0.138. The molecule has 0 aromatic heterocycles. The van der Waals surface area contributed by atoms with Crippen molar-refractivity contribution >= 4 is 23.5 Å². The largest absolute Gasteiger partial charge is 0.495 e. The number of anilines is 1. The van der Waals surface area contributed by atoms with Crippen molar-refractivity contribution in [3.63, 3.8) is 0 Å². The van der Waals surface area contributed by atoms with Crippen LogP contribution < -0.4 is 15.0 Å². The van der Waals surface area contributed by atoms with Crippen LogP contribution in [0.15, 0.2) is 18.2 Å². The molecule has 2 amide bonds. The lowest BCUT2D eigenvalue weighted by atomic mass is 10.1. The van der Waals surface area contributed by atoms with Crippen molar-refractivity contribution in [2.75, 3.05) is 25.1 Å². The van der Waals surface area contributed by atoms with Crippen molar-refractivity contribution in [1.29, 1.82) is 0 Å². The monoisotopic (exact) mass is 306 g/mol. The number of hydrogen-bond acceptors (Lipinski definition) is 4. The molecule has 1 heterocycles. The Morgan fingerprint density at radius 3 is 2.82 bits per heavy atom. The number of rotatable bonds is 5. The number of aryl methyl sites for hydroxylation is 1. The molecule has 1 aromatic carbocycles. The average Bonchev–Trinajstić information content (AvgIpc) is 2.86. The van der Waals surface area contributed by atoms with Crippen LogP contribution in [0, 0.1) is 12.8 Å². The molecule has 1 aromatic rings. The number of aliphatic carboxylic acids is 1. The summed E-state index contributed by atoms with van der Waals surface area (Å²) in [4.78, 5) is 36.1. The minimum atomic E-state index is -1.12. The third-order valence-electron chi connectivity index (χ3n) is 3.53. The van der Waals surface area contributed by atoms with Gasteiger partial charge in [-0.3, -0.25) is 14.4 Å². The van der Waals surface area contributed by atoms with Gasteiger partial charge in [0.25, 0.3) is 0 Å². The zero-order chi connectivity index (χ0) is 16.3. The number of amides is 2. The summed E-state index contributed by atoms with van der Waals surface area (Å²) in [5, 5.41) is 10.9. The number of carbonyl (C=O) groups excluding carboxylic acids is 2. The topological polar surface area (TPSA) is 95.9 Å². The molecule has 2 rings (SSSR count). The Kier molecular flexibility index (Phi) is 4.65. The van der Waals surface area contributed by atoms with Crippen LogP contribution in [0.25, 0.3) is 0 Å². The van der Waals surface area contributed by atoms with E-state index in [0.717, 1.165) is 5.56 Å². The molecule has 7 nitrogen and oxygen atoms in total. The van der Waals surface area contributed by atoms with E-state index < -0.39 is 24.3 Å². The van der Waals surface area contributed by atoms with Gasteiger partial charge in [0.05, 0.1) is 18.7 Å². The predicted octanol–water partition coefficient (Wildman–Crippen LogP) is 0.557. The van der Waals surface area contributed by atoms with Crippen molar-refractivity contribution in [2.24, 2.45) is 5.92 Å². The maximum atomic E-state index is 12.2. The Balaban J connectivity index is 2.14. The SMILES string of the molecule is COc1ccc(C)cc1N1CC(C(=O)NCC(=O)O)CC1=O. The highest BCUT2D eigenvalue weighted by molar-refractivity contribution is 6.01. The number of hydrogen-bond donors (Lipinski definition) is 2. The number of methoxy groups -OCH3 is 1. The van der Waals surface area contributed by atoms with Crippen LogP contribution >= 0.6 is 0 Å². The third-order valence-corrected chi connectivity index (χ3v) is 3.53. The van der Waals surface area contributed by atoms with Crippen LogP contribution in [0.1, 0.15) is 12.0 Å². The molecule has 1 aliphatic rings. The molecule has 0 spiro atoms. The second kappa shape index (κ2) is 6.46. The molecule has 1 unspecified atom stereocenters. The van der Waals surface area contributed by atoms with E-state index in [4.69, 9.17) is 9.84 Å². The van der Waals surface area contributed by atoms with Gasteiger partial charge in [-0.15, -0.1) is 0 Å². The molecule has 0 bridgehead atoms. The number of nitrogens with one attached hydrogen (secondary N) is 1. The number of nitrogens with zero attached hydrogens (tertiary/aromatic N) is 1. The molecule has 1 aliphatic heterocycles. The first-order valence-corrected chi connectivity index (χ1v) is 6.87. The van der Waals surface area contributed by atoms with E-state index >= 15 is 0 Å². The van der Waals surface area contributed by atoms with Gasteiger partial charge in [0.15, 0.2) is 0 Å². The Morgan fingerprint density at radius 2 is 2.18 bits per heavy atom. The van der Waals surface area contributed by atoms with E-state index in [9.17, 15) is 14.4 Å². The molecule has 1 atom stereocenters. The summed E-state index contributed by atoms with van der Waals surface area (Å²) in [6.07, 6.45) is 0.0581. The summed E-state index contributed by atoms with van der Waals surface area (Å²) in [6, 6.07) is 5.48. The van der Waals surface area contributed by atoms with Crippen LogP contribution in [0.5, 0.6) is 5.75 Å². The molecule has 7 heteroatoms. The Labute approximate surface area is 127 Å². The highest BCUT2D eigenvalue weighted by Crippen LogP contribution is 2.33. The first-order valence-electron chi connectivity index (χ1n) is 6.87. The van der Waals surface area contributed by atoms with E-state index in [1.165, 1.54) is 12.0 Å². The first kappa shape index (κ1) is 15.8. The highest BCUT2D eigenvalue weighted by atomic mass is 16.5. The standard InChI is InChI=1S/C15H18N2O5/c1-9-3-4-12(22-2)11(5-9)17-8-10(6-13(17)18)15(21)16-7-14(19)20/h3-5,10H,6-8H2,1-2H3,(H,16,21)(H,19,20). The van der Waals surface area contributed by atoms with Crippen molar-refractivity contribution < 1.29 is 24.2 Å². The van der Waals surface area contributed by atoms with Crippen molar-refractivity contribution in [1.82, 2.24) is 5.32 Å². The van der Waals surface area contributed by atoms with Crippen LogP contribution in [0.4, 0.5) is 5.69 Å². The van der Waals surface area contributed by atoms with Gasteiger partial charge in [0, 0.05) is 13.0 Å². The van der Waals surface area contributed by atoms with Crippen LogP contribution in [-0.4, -0.2) is 43.1 Å². The van der Waals surface area contributed by atoms with Gasteiger partial charge in [0.1, 0.15) is 12.3 Å². The fourth-order valence-corrected chi connectivity index (χ4v) is 2.43. The summed E-state index contributed by atoms with van der Waals surface area (Å²) in [5.41, 5.74) is 1.60. The summed E-state index contributed by atoms with van der Waals surface area (Å²) in [6.45, 7) is 1.67. The van der Waals surface area contributed by atoms with Gasteiger partial charge in [-0.25, -0.2) is 0 Å². The Morgan fingerprint density at radius 1 is 1.45 bits per heavy atom. The first-order chi connectivity index (χ1) is 10.4. The average molecular weight is 306 g/mol. The molecule has 22 heavy (non-hydrogen) atoms. The molecule has 0 saturated carbocycles.